The van der Waals surface area contributed by atoms with E-state index in [1.165, 1.54) is 23.6 Å². The van der Waals surface area contributed by atoms with Crippen LogP contribution in [0.1, 0.15) is 37.8 Å². The number of hydrazine groups is 1. The van der Waals surface area contributed by atoms with E-state index >= 15 is 0 Å². The van der Waals surface area contributed by atoms with Crippen molar-refractivity contribution < 1.29 is 8.42 Å². The summed E-state index contributed by atoms with van der Waals surface area (Å²) in [6.45, 7) is 4.26. The number of nitrogens with zero attached hydrogens (tertiary/aromatic N) is 2. The number of hydrogen-bond donors (Lipinski definition) is 1. The fourth-order valence-corrected chi connectivity index (χ4v) is 3.41. The van der Waals surface area contributed by atoms with Gasteiger partial charge in [0.2, 0.25) is 10.0 Å². The zero-order valence-corrected chi connectivity index (χ0v) is 13.9. The fraction of sp³-hybridized carbons (Fsp3) is 0.600. The first-order valence-electron chi connectivity index (χ1n) is 7.45. The lowest BCUT2D eigenvalue weighted by Crippen LogP contribution is -2.42. The quantitative estimate of drug-likeness (QED) is 0.903. The van der Waals surface area contributed by atoms with E-state index in [0.717, 1.165) is 18.7 Å². The lowest BCUT2D eigenvalue weighted by atomic mass is 10.1. The van der Waals surface area contributed by atoms with Crippen LogP contribution in [0, 0.1) is 0 Å². The van der Waals surface area contributed by atoms with Crippen molar-refractivity contribution in [3.05, 3.63) is 29.8 Å². The van der Waals surface area contributed by atoms with Crippen LogP contribution in [-0.2, 0) is 10.0 Å². The average molecular weight is 311 g/mol. The minimum absolute atomic E-state index is 0.180. The van der Waals surface area contributed by atoms with Gasteiger partial charge in [-0.1, -0.05) is 18.6 Å². The molecule has 0 saturated carbocycles. The molecule has 1 aliphatic heterocycles. The molecule has 1 saturated heterocycles. The summed E-state index contributed by atoms with van der Waals surface area (Å²) in [4.78, 5) is 0.335. The second-order valence-corrected chi connectivity index (χ2v) is 7.91. The predicted molar refractivity (Wildman–Crippen MR) is 84.3 cm³/mol. The Hall–Kier alpha value is -0.950. The highest BCUT2D eigenvalue weighted by molar-refractivity contribution is 7.89. The van der Waals surface area contributed by atoms with Gasteiger partial charge in [0.1, 0.15) is 0 Å². The molecule has 21 heavy (non-hydrogen) atoms. The standard InChI is InChI=1S/C15H25N3O2S/c1-13(16-18-11-5-4-6-12-18)14-7-9-15(10-8-14)21(19,20)17(2)3/h7-10,13,16H,4-6,11-12H2,1-3H3. The summed E-state index contributed by atoms with van der Waals surface area (Å²) in [5, 5.41) is 2.26. The van der Waals surface area contributed by atoms with Crippen LogP contribution in [0.5, 0.6) is 0 Å². The van der Waals surface area contributed by atoms with E-state index in [9.17, 15) is 8.42 Å². The lowest BCUT2D eigenvalue weighted by molar-refractivity contribution is 0.133. The molecule has 0 aliphatic carbocycles. The topological polar surface area (TPSA) is 52.7 Å². The van der Waals surface area contributed by atoms with E-state index in [-0.39, 0.29) is 6.04 Å². The number of sulfonamides is 1. The van der Waals surface area contributed by atoms with Gasteiger partial charge >= 0.3 is 0 Å². The summed E-state index contributed by atoms with van der Waals surface area (Å²) < 4.78 is 25.3. The summed E-state index contributed by atoms with van der Waals surface area (Å²) in [7, 11) is -0.253. The molecule has 2 rings (SSSR count). The molecule has 0 amide bonds. The Labute approximate surface area is 128 Å². The van der Waals surface area contributed by atoms with Crippen LogP contribution < -0.4 is 5.43 Å². The predicted octanol–water partition coefficient (Wildman–Crippen LogP) is 1.99. The fourth-order valence-electron chi connectivity index (χ4n) is 2.51. The van der Waals surface area contributed by atoms with Crippen molar-refractivity contribution in [2.45, 2.75) is 37.1 Å². The molecule has 0 bridgehead atoms. The molecule has 1 atom stereocenters. The minimum atomic E-state index is -3.34. The van der Waals surface area contributed by atoms with Crippen LogP contribution in [0.25, 0.3) is 0 Å². The van der Waals surface area contributed by atoms with E-state index in [4.69, 9.17) is 0 Å². The van der Waals surface area contributed by atoms with Gasteiger partial charge in [-0.3, -0.25) is 0 Å². The molecule has 5 nitrogen and oxygen atoms in total. The Morgan fingerprint density at radius 2 is 1.67 bits per heavy atom. The third kappa shape index (κ3) is 4.03. The Morgan fingerprint density at radius 1 is 1.10 bits per heavy atom. The molecule has 0 aromatic heterocycles. The summed E-state index contributed by atoms with van der Waals surface area (Å²) >= 11 is 0. The maximum absolute atomic E-state index is 12.0. The molecule has 1 N–H and O–H groups in total. The molecule has 1 aromatic carbocycles. The highest BCUT2D eigenvalue weighted by Gasteiger charge is 2.18. The third-order valence-corrected chi connectivity index (χ3v) is 5.72. The molecule has 1 unspecified atom stereocenters. The van der Waals surface area contributed by atoms with Gasteiger partial charge in [0.15, 0.2) is 0 Å². The van der Waals surface area contributed by atoms with Crippen molar-refractivity contribution in [1.29, 1.82) is 0 Å². The zero-order valence-electron chi connectivity index (χ0n) is 13.0. The van der Waals surface area contributed by atoms with Crippen molar-refractivity contribution in [2.75, 3.05) is 27.2 Å². The van der Waals surface area contributed by atoms with Crippen LogP contribution in [0.15, 0.2) is 29.2 Å². The van der Waals surface area contributed by atoms with Crippen LogP contribution in [0.4, 0.5) is 0 Å². The van der Waals surface area contributed by atoms with E-state index < -0.39 is 10.0 Å². The van der Waals surface area contributed by atoms with Gasteiger partial charge in [-0.05, 0) is 37.5 Å². The molecule has 118 valence electrons. The first-order valence-corrected chi connectivity index (χ1v) is 8.89. The SMILES string of the molecule is CC(NN1CCCCC1)c1ccc(S(=O)(=O)N(C)C)cc1. The Morgan fingerprint density at radius 3 is 2.19 bits per heavy atom. The maximum atomic E-state index is 12.0. The van der Waals surface area contributed by atoms with E-state index in [1.807, 2.05) is 12.1 Å². The molecule has 1 aliphatic rings. The number of nitrogens with one attached hydrogen (secondary N) is 1. The maximum Gasteiger partial charge on any atom is 0.242 e. The van der Waals surface area contributed by atoms with Gasteiger partial charge in [0, 0.05) is 33.2 Å². The average Bonchev–Trinajstić information content (AvgIpc) is 2.48. The van der Waals surface area contributed by atoms with Crippen molar-refractivity contribution >= 4 is 10.0 Å². The Bertz CT molecular complexity index is 549. The van der Waals surface area contributed by atoms with Crippen molar-refractivity contribution in [2.24, 2.45) is 0 Å². The van der Waals surface area contributed by atoms with Crippen LogP contribution >= 0.6 is 0 Å². The summed E-state index contributed by atoms with van der Waals surface area (Å²) in [6, 6.07) is 7.31. The molecular weight excluding hydrogens is 286 g/mol. The minimum Gasteiger partial charge on any atom is -0.248 e. The smallest absolute Gasteiger partial charge is 0.242 e. The third-order valence-electron chi connectivity index (χ3n) is 3.89. The summed E-state index contributed by atoms with van der Waals surface area (Å²) in [6.07, 6.45) is 3.78. The number of piperidine rings is 1. The summed E-state index contributed by atoms with van der Waals surface area (Å²) in [5.41, 5.74) is 4.59. The molecule has 0 spiro atoms. The van der Waals surface area contributed by atoms with Gasteiger partial charge in [-0.2, -0.15) is 0 Å². The number of rotatable bonds is 5. The first kappa shape index (κ1) is 16.4. The van der Waals surface area contributed by atoms with E-state index in [2.05, 4.69) is 17.4 Å². The monoisotopic (exact) mass is 311 g/mol. The van der Waals surface area contributed by atoms with Gasteiger partial charge < -0.3 is 0 Å². The van der Waals surface area contributed by atoms with Crippen molar-refractivity contribution in [3.8, 4) is 0 Å². The van der Waals surface area contributed by atoms with Gasteiger partial charge in [0.25, 0.3) is 0 Å². The largest absolute Gasteiger partial charge is 0.248 e. The molecule has 6 heteroatoms. The Balaban J connectivity index is 2.04. The van der Waals surface area contributed by atoms with Crippen LogP contribution in [-0.4, -0.2) is 44.9 Å². The molecule has 1 fully saturated rings. The zero-order chi connectivity index (χ0) is 15.5. The van der Waals surface area contributed by atoms with E-state index in [1.54, 1.807) is 26.2 Å². The Kier molecular flexibility index (Phi) is 5.37. The summed E-state index contributed by atoms with van der Waals surface area (Å²) in [5.74, 6) is 0. The lowest BCUT2D eigenvalue weighted by Gasteiger charge is -2.30. The highest BCUT2D eigenvalue weighted by Crippen LogP contribution is 2.19. The number of benzene rings is 1. The van der Waals surface area contributed by atoms with Crippen LogP contribution in [0.2, 0.25) is 0 Å². The van der Waals surface area contributed by atoms with E-state index in [0.29, 0.717) is 4.90 Å². The normalized spacial score (nSPS) is 18.9. The molecule has 1 aromatic rings. The second-order valence-electron chi connectivity index (χ2n) is 5.75. The molecular formula is C15H25N3O2S. The van der Waals surface area contributed by atoms with Crippen molar-refractivity contribution in [1.82, 2.24) is 14.7 Å². The molecule has 1 heterocycles. The first-order chi connectivity index (χ1) is 9.91. The highest BCUT2D eigenvalue weighted by atomic mass is 32.2. The van der Waals surface area contributed by atoms with Crippen molar-refractivity contribution in [3.63, 3.8) is 0 Å². The van der Waals surface area contributed by atoms with Gasteiger partial charge in [-0.15, -0.1) is 0 Å². The molecule has 0 radical (unpaired) electrons. The van der Waals surface area contributed by atoms with Crippen LogP contribution in [0.3, 0.4) is 0 Å². The van der Waals surface area contributed by atoms with Gasteiger partial charge in [-0.25, -0.2) is 23.2 Å². The number of hydrogen-bond acceptors (Lipinski definition) is 4. The second kappa shape index (κ2) is 6.87. The van der Waals surface area contributed by atoms with Gasteiger partial charge in [0.05, 0.1) is 4.90 Å².